The zero-order chi connectivity index (χ0) is 20.6. The van der Waals surface area contributed by atoms with Crippen molar-refractivity contribution in [3.63, 3.8) is 0 Å². The summed E-state index contributed by atoms with van der Waals surface area (Å²) in [7, 11) is 4.37. The number of amides is 1. The highest BCUT2D eigenvalue weighted by molar-refractivity contribution is 5.95. The Morgan fingerprint density at radius 2 is 1.44 bits per heavy atom. The van der Waals surface area contributed by atoms with Crippen LogP contribution in [0.4, 0.5) is 0 Å². The van der Waals surface area contributed by atoms with Gasteiger partial charge < -0.3 is 23.8 Å². The van der Waals surface area contributed by atoms with Gasteiger partial charge in [-0.25, -0.2) is 4.79 Å². The van der Waals surface area contributed by atoms with Crippen molar-refractivity contribution >= 4 is 11.9 Å². The quantitative estimate of drug-likeness (QED) is 0.580. The first-order valence-corrected chi connectivity index (χ1v) is 8.98. The molecular weight excluding hydrogens is 350 g/mol. The summed E-state index contributed by atoms with van der Waals surface area (Å²) in [6, 6.07) is 3.11. The fourth-order valence-electron chi connectivity index (χ4n) is 2.72. The molecular formula is C20H31NO6. The van der Waals surface area contributed by atoms with Gasteiger partial charge >= 0.3 is 5.97 Å². The Balaban J connectivity index is 2.91. The summed E-state index contributed by atoms with van der Waals surface area (Å²) in [6.45, 7) is 9.09. The monoisotopic (exact) mass is 381 g/mol. The van der Waals surface area contributed by atoms with E-state index in [9.17, 15) is 9.59 Å². The minimum atomic E-state index is -0.657. The Hall–Kier alpha value is -2.44. The van der Waals surface area contributed by atoms with E-state index in [-0.39, 0.29) is 23.8 Å². The standard InChI is InChI=1S/C20H31NO6/c1-13(2)10-21(11-14(3)4)17(22)12-27-20(23)15-8-9-16(24-5)19(26-7)18(15)25-6/h8-9,13-14H,10-12H2,1-7H3. The van der Waals surface area contributed by atoms with E-state index >= 15 is 0 Å². The Labute approximate surface area is 161 Å². The Morgan fingerprint density at radius 1 is 0.889 bits per heavy atom. The summed E-state index contributed by atoms with van der Waals surface area (Å²) in [6.07, 6.45) is 0. The summed E-state index contributed by atoms with van der Waals surface area (Å²) < 4.78 is 21.0. The van der Waals surface area contributed by atoms with E-state index < -0.39 is 5.97 Å². The van der Waals surface area contributed by atoms with Gasteiger partial charge in [-0.2, -0.15) is 0 Å². The molecule has 0 spiro atoms. The zero-order valence-corrected chi connectivity index (χ0v) is 17.3. The van der Waals surface area contributed by atoms with E-state index in [1.807, 2.05) is 27.7 Å². The molecule has 0 bridgehead atoms. The lowest BCUT2D eigenvalue weighted by atomic mass is 10.1. The van der Waals surface area contributed by atoms with Crippen LogP contribution in [0.2, 0.25) is 0 Å². The van der Waals surface area contributed by atoms with Gasteiger partial charge in [0, 0.05) is 13.1 Å². The average Bonchev–Trinajstić information content (AvgIpc) is 2.62. The second kappa shape index (κ2) is 10.6. The number of ether oxygens (including phenoxy) is 4. The molecule has 7 heteroatoms. The molecule has 0 saturated carbocycles. The maximum Gasteiger partial charge on any atom is 0.342 e. The predicted octanol–water partition coefficient (Wildman–Crippen LogP) is 3.01. The van der Waals surface area contributed by atoms with Crippen LogP contribution in [-0.2, 0) is 9.53 Å². The van der Waals surface area contributed by atoms with Crippen molar-refractivity contribution in [1.82, 2.24) is 4.90 Å². The van der Waals surface area contributed by atoms with Gasteiger partial charge in [-0.05, 0) is 24.0 Å². The number of carbonyl (C=O) groups is 2. The first-order chi connectivity index (χ1) is 12.7. The molecule has 1 aromatic carbocycles. The lowest BCUT2D eigenvalue weighted by Crippen LogP contribution is -2.39. The third-order valence-corrected chi connectivity index (χ3v) is 3.77. The normalized spacial score (nSPS) is 10.7. The number of esters is 1. The number of rotatable bonds is 10. The van der Waals surface area contributed by atoms with Crippen molar-refractivity contribution in [2.24, 2.45) is 11.8 Å². The molecule has 1 rings (SSSR count). The van der Waals surface area contributed by atoms with E-state index in [0.29, 0.717) is 36.4 Å². The fourth-order valence-corrected chi connectivity index (χ4v) is 2.72. The largest absolute Gasteiger partial charge is 0.493 e. The molecule has 0 heterocycles. The number of methoxy groups -OCH3 is 3. The van der Waals surface area contributed by atoms with Gasteiger partial charge in [0.05, 0.1) is 21.3 Å². The summed E-state index contributed by atoms with van der Waals surface area (Å²) in [5.74, 6) is 0.712. The van der Waals surface area contributed by atoms with E-state index in [1.54, 1.807) is 11.0 Å². The van der Waals surface area contributed by atoms with Gasteiger partial charge in [-0.15, -0.1) is 0 Å². The first kappa shape index (κ1) is 22.6. The molecule has 0 aliphatic rings. The highest BCUT2D eigenvalue weighted by Crippen LogP contribution is 2.39. The number of hydrogen-bond donors (Lipinski definition) is 0. The average molecular weight is 381 g/mol. The molecule has 0 fully saturated rings. The fraction of sp³-hybridized carbons (Fsp3) is 0.600. The number of hydrogen-bond acceptors (Lipinski definition) is 6. The second-order valence-electron chi connectivity index (χ2n) is 7.04. The van der Waals surface area contributed by atoms with Crippen LogP contribution in [-0.4, -0.2) is 57.8 Å². The van der Waals surface area contributed by atoms with Gasteiger partial charge in [0.1, 0.15) is 5.56 Å². The first-order valence-electron chi connectivity index (χ1n) is 8.98. The summed E-state index contributed by atoms with van der Waals surface area (Å²) in [5, 5.41) is 0. The molecule has 7 nitrogen and oxygen atoms in total. The van der Waals surface area contributed by atoms with E-state index in [1.165, 1.54) is 27.4 Å². The molecule has 1 aromatic rings. The third kappa shape index (κ3) is 6.34. The molecule has 27 heavy (non-hydrogen) atoms. The molecule has 0 unspecified atom stereocenters. The summed E-state index contributed by atoms with van der Waals surface area (Å²) >= 11 is 0. The maximum atomic E-state index is 12.5. The van der Waals surface area contributed by atoms with Gasteiger partial charge in [0.2, 0.25) is 5.75 Å². The summed E-state index contributed by atoms with van der Waals surface area (Å²) in [5.41, 5.74) is 0.169. The molecule has 0 N–H and O–H groups in total. The lowest BCUT2D eigenvalue weighted by molar-refractivity contribution is -0.135. The Kier molecular flexibility index (Phi) is 8.91. The predicted molar refractivity (Wildman–Crippen MR) is 103 cm³/mol. The molecule has 0 saturated heterocycles. The molecule has 0 aliphatic carbocycles. The topological polar surface area (TPSA) is 74.3 Å². The van der Waals surface area contributed by atoms with Crippen molar-refractivity contribution < 1.29 is 28.5 Å². The third-order valence-electron chi connectivity index (χ3n) is 3.77. The van der Waals surface area contributed by atoms with Crippen molar-refractivity contribution in [2.75, 3.05) is 41.0 Å². The summed E-state index contributed by atoms with van der Waals surface area (Å²) in [4.78, 5) is 26.7. The van der Waals surface area contributed by atoms with Crippen LogP contribution in [0.5, 0.6) is 17.2 Å². The molecule has 0 atom stereocenters. The van der Waals surface area contributed by atoms with Crippen molar-refractivity contribution in [3.05, 3.63) is 17.7 Å². The molecule has 1 amide bonds. The zero-order valence-electron chi connectivity index (χ0n) is 17.3. The Morgan fingerprint density at radius 3 is 1.89 bits per heavy atom. The van der Waals surface area contributed by atoms with Crippen LogP contribution in [0, 0.1) is 11.8 Å². The maximum absolute atomic E-state index is 12.5. The van der Waals surface area contributed by atoms with Gasteiger partial charge in [0.25, 0.3) is 5.91 Å². The smallest absolute Gasteiger partial charge is 0.342 e. The molecule has 0 radical (unpaired) electrons. The lowest BCUT2D eigenvalue weighted by Gasteiger charge is -2.26. The van der Waals surface area contributed by atoms with E-state index in [4.69, 9.17) is 18.9 Å². The van der Waals surface area contributed by atoms with E-state index in [0.717, 1.165) is 0 Å². The minimum Gasteiger partial charge on any atom is -0.493 e. The van der Waals surface area contributed by atoms with Crippen molar-refractivity contribution in [2.45, 2.75) is 27.7 Å². The molecule has 0 aromatic heterocycles. The van der Waals surface area contributed by atoms with Gasteiger partial charge in [-0.1, -0.05) is 27.7 Å². The van der Waals surface area contributed by atoms with Crippen LogP contribution in [0.15, 0.2) is 12.1 Å². The second-order valence-corrected chi connectivity index (χ2v) is 7.04. The van der Waals surface area contributed by atoms with Crippen molar-refractivity contribution in [1.29, 1.82) is 0 Å². The highest BCUT2D eigenvalue weighted by atomic mass is 16.5. The van der Waals surface area contributed by atoms with Crippen LogP contribution in [0.25, 0.3) is 0 Å². The van der Waals surface area contributed by atoms with Crippen LogP contribution < -0.4 is 14.2 Å². The SMILES string of the molecule is COc1ccc(C(=O)OCC(=O)N(CC(C)C)CC(C)C)c(OC)c1OC. The van der Waals surface area contributed by atoms with Gasteiger partial charge in [-0.3, -0.25) is 4.79 Å². The number of benzene rings is 1. The molecule has 152 valence electrons. The highest BCUT2D eigenvalue weighted by Gasteiger charge is 2.23. The number of nitrogens with zero attached hydrogens (tertiary/aromatic N) is 1. The molecule has 0 aliphatic heterocycles. The Bertz CT molecular complexity index is 632. The number of carbonyl (C=O) groups excluding carboxylic acids is 2. The van der Waals surface area contributed by atoms with E-state index in [2.05, 4.69) is 0 Å². The van der Waals surface area contributed by atoms with Crippen LogP contribution >= 0.6 is 0 Å². The minimum absolute atomic E-state index is 0.169. The van der Waals surface area contributed by atoms with Crippen molar-refractivity contribution in [3.8, 4) is 17.2 Å². The van der Waals surface area contributed by atoms with Crippen LogP contribution in [0.3, 0.4) is 0 Å². The van der Waals surface area contributed by atoms with Gasteiger partial charge in [0.15, 0.2) is 18.1 Å². The van der Waals surface area contributed by atoms with Crippen LogP contribution in [0.1, 0.15) is 38.1 Å².